The van der Waals surface area contributed by atoms with Crippen LogP contribution in [-0.4, -0.2) is 30.4 Å². The van der Waals surface area contributed by atoms with Crippen LogP contribution in [0.5, 0.6) is 0 Å². The van der Waals surface area contributed by atoms with E-state index in [2.05, 4.69) is 10.4 Å². The Morgan fingerprint density at radius 3 is 2.53 bits per heavy atom. The first-order valence-corrected chi connectivity index (χ1v) is 12.1. The van der Waals surface area contributed by atoms with Crippen LogP contribution in [0.25, 0.3) is 0 Å². The molecule has 0 spiro atoms. The van der Waals surface area contributed by atoms with Gasteiger partial charge in [-0.25, -0.2) is 13.1 Å². The van der Waals surface area contributed by atoms with E-state index < -0.39 is 9.84 Å². The number of hydrogen-bond acceptors (Lipinski definition) is 6. The number of nitrogens with two attached hydrogens (primary N) is 1. The third kappa shape index (κ3) is 4.52. The van der Waals surface area contributed by atoms with E-state index in [1.807, 2.05) is 32.0 Å². The molecule has 9 heteroatoms. The number of hydrogen-bond donors (Lipinski definition) is 2. The second-order valence-electron chi connectivity index (χ2n) is 6.80. The molecular weight excluding hydrogens is 420 g/mol. The van der Waals surface area contributed by atoms with Crippen molar-refractivity contribution in [3.8, 4) is 0 Å². The van der Waals surface area contributed by atoms with Gasteiger partial charge in [-0.1, -0.05) is 36.8 Å². The van der Waals surface area contributed by atoms with Crippen LogP contribution in [0.1, 0.15) is 18.1 Å². The number of carbonyl (C=O) groups excluding carboxylic acids is 1. The molecule has 0 saturated carbocycles. The summed E-state index contributed by atoms with van der Waals surface area (Å²) in [6.45, 7) is 3.72. The molecule has 2 aromatic carbocycles. The van der Waals surface area contributed by atoms with Gasteiger partial charge in [-0.15, -0.1) is 11.8 Å². The first kappa shape index (κ1) is 21.9. The molecule has 0 radical (unpaired) electrons. The van der Waals surface area contributed by atoms with Crippen molar-refractivity contribution in [2.24, 2.45) is 0 Å². The van der Waals surface area contributed by atoms with Crippen LogP contribution in [0.2, 0.25) is 0 Å². The Balaban J connectivity index is 1.89. The summed E-state index contributed by atoms with van der Waals surface area (Å²) in [6.07, 6.45) is 2.57. The number of carbonyl (C=O) groups is 1. The Hall–Kier alpha value is -2.78. The zero-order chi connectivity index (χ0) is 21.9. The molecule has 0 atom stereocenters. The molecule has 3 rings (SSSR count). The first-order chi connectivity index (χ1) is 14.3. The Kier molecular flexibility index (Phi) is 6.52. The lowest BCUT2D eigenvalue weighted by Gasteiger charge is -2.08. The molecule has 0 aliphatic heterocycles. The Labute approximate surface area is 180 Å². The number of rotatable bonds is 7. The summed E-state index contributed by atoms with van der Waals surface area (Å²) in [6, 6.07) is 14.1. The third-order valence-electron chi connectivity index (χ3n) is 4.62. The quantitative estimate of drug-likeness (QED) is 0.540. The number of aromatic nitrogens is 2. The number of nitrogens with zero attached hydrogens (tertiary/aromatic N) is 2. The lowest BCUT2D eigenvalue weighted by atomic mass is 10.1. The first-order valence-electron chi connectivity index (χ1n) is 9.37. The second kappa shape index (κ2) is 8.93. The van der Waals surface area contributed by atoms with Gasteiger partial charge in [-0.05, 0) is 49.4 Å². The van der Waals surface area contributed by atoms with Gasteiger partial charge in [0.1, 0.15) is 22.3 Å². The van der Waals surface area contributed by atoms with Crippen LogP contribution in [0.15, 0.2) is 63.3 Å². The summed E-state index contributed by atoms with van der Waals surface area (Å²) in [5, 5.41) is 7.33. The van der Waals surface area contributed by atoms with Gasteiger partial charge in [0.25, 0.3) is 0 Å². The topological polar surface area (TPSA) is 107 Å². The van der Waals surface area contributed by atoms with E-state index in [-0.39, 0.29) is 33.1 Å². The summed E-state index contributed by atoms with van der Waals surface area (Å²) >= 11 is 1.17. The molecular formula is C21H24N4O3S2. The van der Waals surface area contributed by atoms with Crippen LogP contribution in [0.4, 0.5) is 11.5 Å². The number of nitrogens with one attached hydrogen (secondary N) is 1. The van der Waals surface area contributed by atoms with E-state index in [9.17, 15) is 13.2 Å². The zero-order valence-corrected chi connectivity index (χ0v) is 18.7. The van der Waals surface area contributed by atoms with Crippen molar-refractivity contribution in [2.45, 2.75) is 41.6 Å². The molecule has 1 aromatic heterocycles. The fraction of sp³-hybridized carbons (Fsp3) is 0.238. The molecule has 0 unspecified atom stereocenters. The number of thioether (sulfide) groups is 1. The summed E-state index contributed by atoms with van der Waals surface area (Å²) in [4.78, 5) is 12.6. The fourth-order valence-electron chi connectivity index (χ4n) is 2.98. The smallest absolute Gasteiger partial charge is 0.246 e. The van der Waals surface area contributed by atoms with Gasteiger partial charge in [-0.2, -0.15) is 5.10 Å². The van der Waals surface area contributed by atoms with Crippen molar-refractivity contribution >= 4 is 39.0 Å². The highest BCUT2D eigenvalue weighted by molar-refractivity contribution is 7.99. The van der Waals surface area contributed by atoms with Crippen molar-refractivity contribution in [1.29, 1.82) is 0 Å². The van der Waals surface area contributed by atoms with Crippen LogP contribution in [0.3, 0.4) is 0 Å². The minimum absolute atomic E-state index is 0.0580. The van der Waals surface area contributed by atoms with E-state index in [4.69, 9.17) is 5.73 Å². The molecule has 0 aliphatic rings. The van der Waals surface area contributed by atoms with E-state index in [1.165, 1.54) is 16.4 Å². The van der Waals surface area contributed by atoms with E-state index in [1.54, 1.807) is 36.6 Å². The van der Waals surface area contributed by atoms with Gasteiger partial charge in [0.15, 0.2) is 0 Å². The van der Waals surface area contributed by atoms with Crippen molar-refractivity contribution in [3.63, 3.8) is 0 Å². The average Bonchev–Trinajstić information content (AvgIpc) is 3.04. The summed E-state index contributed by atoms with van der Waals surface area (Å²) in [7, 11) is -3.87. The van der Waals surface area contributed by atoms with E-state index >= 15 is 0 Å². The molecule has 0 fully saturated rings. The molecule has 0 saturated heterocycles. The fourth-order valence-corrected chi connectivity index (χ4v) is 5.41. The zero-order valence-electron chi connectivity index (χ0n) is 17.0. The van der Waals surface area contributed by atoms with Crippen molar-refractivity contribution < 1.29 is 13.2 Å². The van der Waals surface area contributed by atoms with Crippen molar-refractivity contribution in [2.75, 3.05) is 17.3 Å². The van der Waals surface area contributed by atoms with Gasteiger partial charge in [0, 0.05) is 5.69 Å². The molecule has 1 heterocycles. The normalized spacial score (nSPS) is 11.4. The standard InChI is InChI=1S/C21H24N4O3S2/c1-4-15-6-5-7-16(12-15)23-18(26)13-25-20(22)19(21(24-25)29-3)30(27,28)17-10-8-14(2)9-11-17/h5-12H,4,13,22H2,1-3H3,(H,23,26). The second-order valence-corrected chi connectivity index (χ2v) is 9.48. The maximum Gasteiger partial charge on any atom is 0.246 e. The SMILES string of the molecule is CCc1cccc(NC(=O)Cn2nc(SC)c(S(=O)(=O)c3ccc(C)cc3)c2N)c1. The molecule has 158 valence electrons. The summed E-state index contributed by atoms with van der Waals surface area (Å²) in [5.41, 5.74) is 8.87. The Morgan fingerprint density at radius 1 is 1.20 bits per heavy atom. The van der Waals surface area contributed by atoms with Gasteiger partial charge in [-0.3, -0.25) is 4.79 Å². The third-order valence-corrected chi connectivity index (χ3v) is 7.26. The number of aryl methyl sites for hydroxylation is 2. The number of anilines is 2. The van der Waals surface area contributed by atoms with Crippen molar-refractivity contribution in [3.05, 3.63) is 59.7 Å². The maximum atomic E-state index is 13.2. The van der Waals surface area contributed by atoms with E-state index in [0.717, 1.165) is 17.5 Å². The number of nitrogen functional groups attached to an aromatic ring is 1. The molecule has 0 aliphatic carbocycles. The molecule has 1 amide bonds. The lowest BCUT2D eigenvalue weighted by molar-refractivity contribution is -0.116. The summed E-state index contributed by atoms with van der Waals surface area (Å²) in [5.74, 6) is -0.401. The average molecular weight is 445 g/mol. The highest BCUT2D eigenvalue weighted by Gasteiger charge is 2.29. The van der Waals surface area contributed by atoms with Gasteiger partial charge >= 0.3 is 0 Å². The van der Waals surface area contributed by atoms with Crippen LogP contribution in [-0.2, 0) is 27.6 Å². The number of amides is 1. The van der Waals surface area contributed by atoms with Gasteiger partial charge in [0.05, 0.1) is 4.90 Å². The van der Waals surface area contributed by atoms with Crippen LogP contribution >= 0.6 is 11.8 Å². The molecule has 0 bridgehead atoms. The van der Waals surface area contributed by atoms with Crippen molar-refractivity contribution in [1.82, 2.24) is 9.78 Å². The van der Waals surface area contributed by atoms with Crippen LogP contribution in [0, 0.1) is 6.92 Å². The molecule has 7 nitrogen and oxygen atoms in total. The Bertz CT molecular complexity index is 1170. The molecule has 3 N–H and O–H groups in total. The largest absolute Gasteiger partial charge is 0.383 e. The maximum absolute atomic E-state index is 13.2. The van der Waals surface area contributed by atoms with Gasteiger partial charge in [0.2, 0.25) is 15.7 Å². The minimum Gasteiger partial charge on any atom is -0.383 e. The minimum atomic E-state index is -3.87. The Morgan fingerprint density at radius 2 is 1.90 bits per heavy atom. The molecule has 30 heavy (non-hydrogen) atoms. The number of sulfone groups is 1. The monoisotopic (exact) mass is 444 g/mol. The highest BCUT2D eigenvalue weighted by atomic mass is 32.2. The highest BCUT2D eigenvalue weighted by Crippen LogP contribution is 2.34. The van der Waals surface area contributed by atoms with E-state index in [0.29, 0.717) is 5.69 Å². The predicted molar refractivity (Wildman–Crippen MR) is 120 cm³/mol. The van der Waals surface area contributed by atoms with Gasteiger partial charge < -0.3 is 11.1 Å². The molecule has 3 aromatic rings. The lowest BCUT2D eigenvalue weighted by Crippen LogP contribution is -2.21. The van der Waals surface area contributed by atoms with Crippen LogP contribution < -0.4 is 11.1 Å². The summed E-state index contributed by atoms with van der Waals surface area (Å²) < 4.78 is 27.5. The number of benzene rings is 2. The predicted octanol–water partition coefficient (Wildman–Crippen LogP) is 3.53.